The summed E-state index contributed by atoms with van der Waals surface area (Å²) in [6.07, 6.45) is 4.42. The molecular formula is C35H42N6O2. The topological polar surface area (TPSA) is 91.3 Å². The van der Waals surface area contributed by atoms with Crippen molar-refractivity contribution < 1.29 is 9.84 Å². The number of fused-ring (bicyclic) bond motifs is 2. The van der Waals surface area contributed by atoms with Crippen LogP contribution in [0.3, 0.4) is 0 Å². The maximum atomic E-state index is 9.37. The van der Waals surface area contributed by atoms with Crippen LogP contribution in [0.4, 0.5) is 5.69 Å². The first-order valence-electron chi connectivity index (χ1n) is 15.4. The molecule has 43 heavy (non-hydrogen) atoms. The number of aromatic nitrogens is 3. The van der Waals surface area contributed by atoms with Gasteiger partial charge in [-0.3, -0.25) is 15.3 Å². The summed E-state index contributed by atoms with van der Waals surface area (Å²) >= 11 is 0. The number of hydrogen-bond acceptors (Lipinski definition) is 6. The van der Waals surface area contributed by atoms with Crippen molar-refractivity contribution in [2.75, 3.05) is 44.8 Å². The Hall–Kier alpha value is -3.98. The second-order valence-electron chi connectivity index (χ2n) is 11.5. The Kier molecular flexibility index (Phi) is 9.17. The second kappa shape index (κ2) is 13.5. The van der Waals surface area contributed by atoms with E-state index in [1.165, 1.54) is 11.1 Å². The summed E-state index contributed by atoms with van der Waals surface area (Å²) < 4.78 is 9.82. The molecule has 224 valence electrons. The predicted octanol–water partition coefficient (Wildman–Crippen LogP) is 5.09. The summed E-state index contributed by atoms with van der Waals surface area (Å²) in [4.78, 5) is 7.15. The van der Waals surface area contributed by atoms with Gasteiger partial charge >= 0.3 is 0 Å². The van der Waals surface area contributed by atoms with Gasteiger partial charge in [0.25, 0.3) is 0 Å². The van der Waals surface area contributed by atoms with E-state index in [0.29, 0.717) is 18.7 Å². The fourth-order valence-corrected chi connectivity index (χ4v) is 6.17. The fourth-order valence-electron chi connectivity index (χ4n) is 6.17. The number of nitrogens with one attached hydrogen (secondary N) is 2. The maximum absolute atomic E-state index is 9.37. The van der Waals surface area contributed by atoms with Crippen molar-refractivity contribution in [3.05, 3.63) is 101 Å². The summed E-state index contributed by atoms with van der Waals surface area (Å²) in [5.41, 5.74) is 9.47. The van der Waals surface area contributed by atoms with Gasteiger partial charge in [0.2, 0.25) is 5.62 Å². The van der Waals surface area contributed by atoms with Crippen LogP contribution in [0.25, 0.3) is 21.9 Å². The lowest BCUT2D eigenvalue weighted by atomic mass is 10.0. The lowest BCUT2D eigenvalue weighted by Crippen LogP contribution is -2.37. The Balaban J connectivity index is 1.31. The van der Waals surface area contributed by atoms with Gasteiger partial charge in [-0.05, 0) is 72.7 Å². The molecule has 3 aromatic carbocycles. The summed E-state index contributed by atoms with van der Waals surface area (Å²) in [6, 6.07) is 23.4. The smallest absolute Gasteiger partial charge is 0.203 e. The SMILES string of the molecule is Cc1ccc(CCCO)c(NCc2ccc3c(c2)n(Cc2cccc4cccnc24)c(=N)n3CCCN2CCOCC2)c1. The third-order valence-electron chi connectivity index (χ3n) is 8.49. The number of rotatable bonds is 12. The van der Waals surface area contributed by atoms with Crippen LogP contribution in [0, 0.1) is 12.3 Å². The number of aryl methyl sites for hydroxylation is 3. The molecule has 8 heteroatoms. The van der Waals surface area contributed by atoms with Gasteiger partial charge in [-0.15, -0.1) is 0 Å². The van der Waals surface area contributed by atoms with E-state index >= 15 is 0 Å². The van der Waals surface area contributed by atoms with Crippen molar-refractivity contribution in [2.45, 2.75) is 45.8 Å². The van der Waals surface area contributed by atoms with Crippen molar-refractivity contribution in [1.29, 1.82) is 5.41 Å². The van der Waals surface area contributed by atoms with Crippen molar-refractivity contribution in [3.63, 3.8) is 0 Å². The molecule has 2 aromatic heterocycles. The molecular weight excluding hydrogens is 536 g/mol. The van der Waals surface area contributed by atoms with Gasteiger partial charge in [0.05, 0.1) is 36.3 Å². The van der Waals surface area contributed by atoms with Crippen LogP contribution in [-0.2, 0) is 30.8 Å². The molecule has 0 unspecified atom stereocenters. The first kappa shape index (κ1) is 29.1. The van der Waals surface area contributed by atoms with Gasteiger partial charge in [-0.1, -0.05) is 42.5 Å². The molecule has 1 saturated heterocycles. The zero-order chi connectivity index (χ0) is 29.6. The number of aliphatic hydroxyl groups is 1. The molecule has 8 nitrogen and oxygen atoms in total. The number of imidazole rings is 1. The van der Waals surface area contributed by atoms with Crippen molar-refractivity contribution in [2.24, 2.45) is 0 Å². The largest absolute Gasteiger partial charge is 0.396 e. The quantitative estimate of drug-likeness (QED) is 0.192. The standard InChI is InChI=1S/C35H42N6O2/c1-26-10-12-28(9-4-19-42)31(22-26)38-24-27-11-13-32-33(23-27)41(25-30-7-2-6-29-8-3-14-37-34(29)30)35(36)40(32)16-5-15-39-17-20-43-21-18-39/h2-3,6-8,10-14,22-23,36,38,42H,4-5,9,15-21,24-25H2,1H3. The summed E-state index contributed by atoms with van der Waals surface area (Å²) in [5.74, 6) is 0. The third-order valence-corrected chi connectivity index (χ3v) is 8.49. The molecule has 3 N–H and O–H groups in total. The second-order valence-corrected chi connectivity index (χ2v) is 11.5. The highest BCUT2D eigenvalue weighted by molar-refractivity contribution is 5.82. The zero-order valence-corrected chi connectivity index (χ0v) is 25.1. The van der Waals surface area contributed by atoms with Crippen molar-refractivity contribution in [3.8, 4) is 0 Å². The summed E-state index contributed by atoms with van der Waals surface area (Å²) in [7, 11) is 0. The van der Waals surface area contributed by atoms with Crippen molar-refractivity contribution >= 4 is 27.6 Å². The molecule has 0 atom stereocenters. The molecule has 5 aromatic rings. The average molecular weight is 579 g/mol. The zero-order valence-electron chi connectivity index (χ0n) is 25.1. The van der Waals surface area contributed by atoms with Crippen molar-refractivity contribution in [1.82, 2.24) is 19.0 Å². The number of hydrogen-bond donors (Lipinski definition) is 3. The van der Waals surface area contributed by atoms with E-state index in [4.69, 9.17) is 4.74 Å². The number of anilines is 1. The highest BCUT2D eigenvalue weighted by atomic mass is 16.5. The highest BCUT2D eigenvalue weighted by Crippen LogP contribution is 2.24. The first-order chi connectivity index (χ1) is 21.1. The van der Waals surface area contributed by atoms with Gasteiger partial charge in [0, 0.05) is 56.6 Å². The van der Waals surface area contributed by atoms with E-state index in [0.717, 1.165) is 97.4 Å². The van der Waals surface area contributed by atoms with Gasteiger partial charge in [-0.25, -0.2) is 0 Å². The number of morpholine rings is 1. The van der Waals surface area contributed by atoms with Gasteiger partial charge in [0.15, 0.2) is 0 Å². The van der Waals surface area contributed by atoms with Gasteiger partial charge < -0.3 is 24.3 Å². The number of ether oxygens (including phenoxy) is 1. The molecule has 0 spiro atoms. The van der Waals surface area contributed by atoms with E-state index in [1.807, 2.05) is 12.3 Å². The van der Waals surface area contributed by atoms with Crippen LogP contribution in [0.1, 0.15) is 35.1 Å². The van der Waals surface area contributed by atoms with Crippen LogP contribution in [0.5, 0.6) is 0 Å². The molecule has 3 heterocycles. The Morgan fingerprint density at radius 3 is 2.63 bits per heavy atom. The lowest BCUT2D eigenvalue weighted by Gasteiger charge is -2.26. The normalized spacial score (nSPS) is 14.1. The number of benzene rings is 3. The number of aliphatic hydroxyl groups excluding tert-OH is 1. The van der Waals surface area contributed by atoms with E-state index < -0.39 is 0 Å². The monoisotopic (exact) mass is 578 g/mol. The Morgan fingerprint density at radius 2 is 1.77 bits per heavy atom. The molecule has 6 rings (SSSR count). The molecule has 0 saturated carbocycles. The molecule has 1 aliphatic heterocycles. The molecule has 0 amide bonds. The minimum atomic E-state index is 0.190. The maximum Gasteiger partial charge on any atom is 0.203 e. The summed E-state index contributed by atoms with van der Waals surface area (Å²) in [6.45, 7) is 8.92. The first-order valence-corrected chi connectivity index (χ1v) is 15.4. The Labute approximate surface area is 253 Å². The Bertz CT molecular complexity index is 1750. The van der Waals surface area contributed by atoms with Crippen LogP contribution in [0.2, 0.25) is 0 Å². The van der Waals surface area contributed by atoms with Crippen LogP contribution >= 0.6 is 0 Å². The van der Waals surface area contributed by atoms with E-state index in [1.54, 1.807) is 0 Å². The van der Waals surface area contributed by atoms with Crippen LogP contribution in [0.15, 0.2) is 72.9 Å². The van der Waals surface area contributed by atoms with E-state index in [9.17, 15) is 10.5 Å². The van der Waals surface area contributed by atoms with Crippen LogP contribution in [-0.4, -0.2) is 63.6 Å². The molecule has 0 aliphatic carbocycles. The molecule has 0 radical (unpaired) electrons. The molecule has 0 bridgehead atoms. The van der Waals surface area contributed by atoms with Gasteiger partial charge in [0.1, 0.15) is 0 Å². The minimum Gasteiger partial charge on any atom is -0.396 e. The molecule has 1 aliphatic rings. The molecule has 1 fully saturated rings. The fraction of sp³-hybridized carbons (Fsp3) is 0.371. The Morgan fingerprint density at radius 1 is 0.907 bits per heavy atom. The number of nitrogens with zero attached hydrogens (tertiary/aromatic N) is 4. The highest BCUT2D eigenvalue weighted by Gasteiger charge is 2.15. The summed E-state index contributed by atoms with van der Waals surface area (Å²) in [5, 5.41) is 23.5. The minimum absolute atomic E-state index is 0.190. The third kappa shape index (κ3) is 6.67. The van der Waals surface area contributed by atoms with E-state index in [2.05, 4.69) is 91.9 Å². The van der Waals surface area contributed by atoms with Gasteiger partial charge in [-0.2, -0.15) is 0 Å². The number of pyridine rings is 1. The number of para-hydroxylation sites is 1. The van der Waals surface area contributed by atoms with Crippen LogP contribution < -0.4 is 10.9 Å². The van der Waals surface area contributed by atoms with E-state index in [-0.39, 0.29) is 6.61 Å². The lowest BCUT2D eigenvalue weighted by molar-refractivity contribution is 0.0369. The average Bonchev–Trinajstić information content (AvgIpc) is 3.29. The predicted molar refractivity (Wildman–Crippen MR) is 172 cm³/mol.